The molecule has 1 unspecified atom stereocenters. The number of hydrogen-bond donors (Lipinski definition) is 1. The average Bonchev–Trinajstić information content (AvgIpc) is 3.48. The number of nitrogens with zero attached hydrogens (tertiary/aromatic N) is 2. The normalized spacial score (nSPS) is 14.3. The van der Waals surface area contributed by atoms with E-state index in [0.29, 0.717) is 5.75 Å². The van der Waals surface area contributed by atoms with Crippen LogP contribution < -0.4 is 14.4 Å². The lowest BCUT2D eigenvalue weighted by atomic mass is 10.1. The van der Waals surface area contributed by atoms with E-state index in [2.05, 4.69) is 21.2 Å². The predicted molar refractivity (Wildman–Crippen MR) is 163 cm³/mol. The highest BCUT2D eigenvalue weighted by atomic mass is 79.9. The summed E-state index contributed by atoms with van der Waals surface area (Å²) in [5.41, 5.74) is 1.86. The van der Waals surface area contributed by atoms with Crippen molar-refractivity contribution in [1.82, 2.24) is 10.2 Å². The number of anilines is 1. The van der Waals surface area contributed by atoms with E-state index in [1.165, 1.54) is 24.1 Å². The van der Waals surface area contributed by atoms with Crippen LogP contribution in [0.2, 0.25) is 0 Å². The zero-order valence-corrected chi connectivity index (χ0v) is 25.9. The molecule has 41 heavy (non-hydrogen) atoms. The second kappa shape index (κ2) is 13.5. The lowest BCUT2D eigenvalue weighted by molar-refractivity contribution is -0.139. The Morgan fingerprint density at radius 2 is 1.68 bits per heavy atom. The number of carbonyl (C=O) groups is 2. The molecular weight excluding hydrogens is 606 g/mol. The molecule has 10 heteroatoms. The molecule has 0 bridgehead atoms. The summed E-state index contributed by atoms with van der Waals surface area (Å²) in [6, 6.07) is 19.9. The van der Waals surface area contributed by atoms with Gasteiger partial charge in [0, 0.05) is 17.1 Å². The van der Waals surface area contributed by atoms with Crippen molar-refractivity contribution in [2.24, 2.45) is 0 Å². The summed E-state index contributed by atoms with van der Waals surface area (Å²) in [4.78, 5) is 29.0. The molecule has 0 spiro atoms. The fraction of sp³-hybridized carbons (Fsp3) is 0.355. The Kier molecular flexibility index (Phi) is 10.1. The van der Waals surface area contributed by atoms with Crippen LogP contribution in [-0.4, -0.2) is 50.9 Å². The molecule has 1 saturated carbocycles. The number of sulfonamides is 1. The maximum Gasteiger partial charge on any atom is 0.264 e. The standard InChI is InChI=1S/C31H36BrN3O5S/c1-22-13-18-29(40-3)28(19-22)35(41(38,39)27-11-5-4-6-12-27)21-30(36)34(20-24-14-16-25(32)17-15-24)23(2)31(37)33-26-9-7-8-10-26/h4-6,11-19,23,26H,7-10,20-21H2,1-3H3,(H,33,37). The van der Waals surface area contributed by atoms with Gasteiger partial charge in [0.1, 0.15) is 18.3 Å². The molecule has 4 rings (SSSR count). The van der Waals surface area contributed by atoms with E-state index in [1.54, 1.807) is 37.3 Å². The molecule has 1 aliphatic carbocycles. The van der Waals surface area contributed by atoms with Gasteiger partial charge in [0.15, 0.2) is 0 Å². The first-order chi connectivity index (χ1) is 19.6. The number of ether oxygens (including phenoxy) is 1. The van der Waals surface area contributed by atoms with Crippen LogP contribution in [-0.2, 0) is 26.2 Å². The minimum Gasteiger partial charge on any atom is -0.495 e. The molecule has 0 aliphatic heterocycles. The number of amides is 2. The van der Waals surface area contributed by atoms with Crippen LogP contribution in [0.15, 0.2) is 82.2 Å². The Hall–Kier alpha value is -3.37. The van der Waals surface area contributed by atoms with Gasteiger partial charge in [0.05, 0.1) is 17.7 Å². The molecule has 1 atom stereocenters. The molecule has 1 N–H and O–H groups in total. The van der Waals surface area contributed by atoms with Crippen molar-refractivity contribution < 1.29 is 22.7 Å². The van der Waals surface area contributed by atoms with Crippen LogP contribution in [0, 0.1) is 6.92 Å². The molecular formula is C31H36BrN3O5S. The van der Waals surface area contributed by atoms with E-state index in [4.69, 9.17) is 4.74 Å². The molecule has 218 valence electrons. The van der Waals surface area contributed by atoms with Crippen molar-refractivity contribution in [3.63, 3.8) is 0 Å². The Balaban J connectivity index is 1.72. The zero-order chi connectivity index (χ0) is 29.6. The van der Waals surface area contributed by atoms with Crippen LogP contribution in [0.5, 0.6) is 5.75 Å². The van der Waals surface area contributed by atoms with Gasteiger partial charge >= 0.3 is 0 Å². The number of nitrogens with one attached hydrogen (secondary N) is 1. The highest BCUT2D eigenvalue weighted by Gasteiger charge is 2.34. The monoisotopic (exact) mass is 641 g/mol. The second-order valence-electron chi connectivity index (χ2n) is 10.3. The van der Waals surface area contributed by atoms with Gasteiger partial charge in [-0.1, -0.05) is 65.2 Å². The fourth-order valence-corrected chi connectivity index (χ4v) is 6.69. The smallest absolute Gasteiger partial charge is 0.264 e. The highest BCUT2D eigenvalue weighted by molar-refractivity contribution is 9.10. The second-order valence-corrected chi connectivity index (χ2v) is 13.1. The summed E-state index contributed by atoms with van der Waals surface area (Å²) >= 11 is 3.43. The minimum atomic E-state index is -4.18. The summed E-state index contributed by atoms with van der Waals surface area (Å²) in [6.07, 6.45) is 3.95. The van der Waals surface area contributed by atoms with Gasteiger partial charge in [0.2, 0.25) is 11.8 Å². The summed E-state index contributed by atoms with van der Waals surface area (Å²) in [5, 5.41) is 3.08. The Morgan fingerprint density at radius 1 is 1.02 bits per heavy atom. The average molecular weight is 643 g/mol. The lowest BCUT2D eigenvalue weighted by Gasteiger charge is -2.33. The summed E-state index contributed by atoms with van der Waals surface area (Å²) in [5.74, 6) is -0.451. The number of methoxy groups -OCH3 is 1. The van der Waals surface area contributed by atoms with E-state index in [0.717, 1.165) is 45.6 Å². The largest absolute Gasteiger partial charge is 0.495 e. The minimum absolute atomic E-state index is 0.0443. The van der Waals surface area contributed by atoms with Gasteiger partial charge in [0.25, 0.3) is 10.0 Å². The van der Waals surface area contributed by atoms with Gasteiger partial charge in [-0.3, -0.25) is 13.9 Å². The van der Waals surface area contributed by atoms with Crippen molar-refractivity contribution in [2.75, 3.05) is 18.0 Å². The first-order valence-electron chi connectivity index (χ1n) is 13.7. The van der Waals surface area contributed by atoms with Crippen molar-refractivity contribution in [3.05, 3.63) is 88.4 Å². The summed E-state index contributed by atoms with van der Waals surface area (Å²) < 4.78 is 35.5. The first kappa shape index (κ1) is 30.6. The Bertz CT molecular complexity index is 1460. The fourth-order valence-electron chi connectivity index (χ4n) is 4.99. The highest BCUT2D eigenvalue weighted by Crippen LogP contribution is 2.33. The number of halogens is 1. The molecule has 1 aliphatic rings. The van der Waals surface area contributed by atoms with Gasteiger partial charge in [-0.15, -0.1) is 0 Å². The molecule has 3 aromatic rings. The summed E-state index contributed by atoms with van der Waals surface area (Å²) in [6.45, 7) is 3.14. The SMILES string of the molecule is COc1ccc(C)cc1N(CC(=O)N(Cc1ccc(Br)cc1)C(C)C(=O)NC1CCCC1)S(=O)(=O)c1ccccc1. The van der Waals surface area contributed by atoms with Gasteiger partial charge in [-0.05, 0) is 74.2 Å². The summed E-state index contributed by atoms with van der Waals surface area (Å²) in [7, 11) is -2.72. The third-order valence-electron chi connectivity index (χ3n) is 7.35. The maximum absolute atomic E-state index is 14.1. The quantitative estimate of drug-likeness (QED) is 0.301. The molecule has 0 saturated heterocycles. The van der Waals surface area contributed by atoms with Crippen LogP contribution >= 0.6 is 15.9 Å². The lowest BCUT2D eigenvalue weighted by Crippen LogP contribution is -2.52. The van der Waals surface area contributed by atoms with E-state index >= 15 is 0 Å². The van der Waals surface area contributed by atoms with E-state index < -0.39 is 28.5 Å². The van der Waals surface area contributed by atoms with E-state index in [1.807, 2.05) is 37.3 Å². The number of carbonyl (C=O) groups excluding carboxylic acids is 2. The predicted octanol–water partition coefficient (Wildman–Crippen LogP) is 5.44. The van der Waals surface area contributed by atoms with Crippen LogP contribution in [0.1, 0.15) is 43.7 Å². The number of hydrogen-bond acceptors (Lipinski definition) is 5. The first-order valence-corrected chi connectivity index (χ1v) is 15.9. The van der Waals surface area contributed by atoms with Gasteiger partial charge in [-0.2, -0.15) is 0 Å². The molecule has 1 fully saturated rings. The Morgan fingerprint density at radius 3 is 2.32 bits per heavy atom. The van der Waals surface area contributed by atoms with Gasteiger partial charge in [-0.25, -0.2) is 8.42 Å². The van der Waals surface area contributed by atoms with Crippen molar-refractivity contribution in [3.8, 4) is 5.75 Å². The maximum atomic E-state index is 14.1. The number of rotatable bonds is 11. The third kappa shape index (κ3) is 7.48. The van der Waals surface area contributed by atoms with Crippen molar-refractivity contribution in [2.45, 2.75) is 63.1 Å². The van der Waals surface area contributed by atoms with Crippen molar-refractivity contribution >= 4 is 43.5 Å². The zero-order valence-electron chi connectivity index (χ0n) is 23.5. The van der Waals surface area contributed by atoms with Crippen LogP contribution in [0.25, 0.3) is 0 Å². The molecule has 0 radical (unpaired) electrons. The molecule has 3 aromatic carbocycles. The van der Waals surface area contributed by atoms with E-state index in [-0.39, 0.29) is 29.1 Å². The van der Waals surface area contributed by atoms with Crippen molar-refractivity contribution in [1.29, 1.82) is 0 Å². The van der Waals surface area contributed by atoms with Gasteiger partial charge < -0.3 is 15.0 Å². The molecule has 0 heterocycles. The van der Waals surface area contributed by atoms with Crippen LogP contribution in [0.3, 0.4) is 0 Å². The topological polar surface area (TPSA) is 96.0 Å². The Labute approximate surface area is 250 Å². The molecule has 2 amide bonds. The van der Waals surface area contributed by atoms with E-state index in [9.17, 15) is 18.0 Å². The van der Waals surface area contributed by atoms with Crippen LogP contribution in [0.4, 0.5) is 5.69 Å². The molecule has 8 nitrogen and oxygen atoms in total. The number of benzene rings is 3. The molecule has 0 aromatic heterocycles. The number of aryl methyl sites for hydroxylation is 1. The third-order valence-corrected chi connectivity index (χ3v) is 9.65.